The van der Waals surface area contributed by atoms with Gasteiger partial charge in [0.2, 0.25) is 0 Å². The average molecular weight is 561 g/mol. The highest BCUT2D eigenvalue weighted by Gasteiger charge is 2.22. The lowest BCUT2D eigenvalue weighted by atomic mass is 9.97. The van der Waals surface area contributed by atoms with Crippen LogP contribution in [-0.2, 0) is 14.3 Å². The number of phenolic OH excluding ortho intramolecular Hbond substituents is 2. The Bertz CT molecular complexity index is 1740. The number of benzene rings is 4. The Morgan fingerprint density at radius 1 is 0.821 bits per heavy atom. The first-order chi connectivity index (χ1) is 18.7. The molecule has 39 heavy (non-hydrogen) atoms. The molecule has 7 nitrogen and oxygen atoms in total. The molecule has 0 atom stereocenters. The molecule has 0 saturated heterocycles. The number of aryl methyl sites for hydroxylation is 1. The van der Waals surface area contributed by atoms with E-state index in [1.807, 2.05) is 6.92 Å². The fraction of sp³-hybridized carbons (Fsp3) is 0.100. The maximum atomic E-state index is 13.7. The van der Waals surface area contributed by atoms with Crippen molar-refractivity contribution < 1.29 is 32.3 Å². The van der Waals surface area contributed by atoms with E-state index in [2.05, 4.69) is 0 Å². The number of rotatable bonds is 9. The summed E-state index contributed by atoms with van der Waals surface area (Å²) in [4.78, 5) is 14.5. The summed E-state index contributed by atoms with van der Waals surface area (Å²) in [6.45, 7) is 1.70. The van der Waals surface area contributed by atoms with Crippen LogP contribution >= 0.6 is 11.3 Å². The lowest BCUT2D eigenvalue weighted by Crippen LogP contribution is -2.13. The predicted molar refractivity (Wildman–Crippen MR) is 150 cm³/mol. The molecule has 5 rings (SSSR count). The third-order valence-electron chi connectivity index (χ3n) is 6.05. The Morgan fingerprint density at radius 2 is 1.49 bits per heavy atom. The minimum absolute atomic E-state index is 0.00203. The van der Waals surface area contributed by atoms with E-state index in [4.69, 9.17) is 8.92 Å². The van der Waals surface area contributed by atoms with Crippen LogP contribution < -0.4 is 4.74 Å². The van der Waals surface area contributed by atoms with Crippen molar-refractivity contribution in [3.8, 4) is 27.7 Å². The van der Waals surface area contributed by atoms with Gasteiger partial charge in [-0.25, -0.2) is 0 Å². The number of carbonyl (C=O) groups excluding carboxylic acids is 1. The summed E-state index contributed by atoms with van der Waals surface area (Å²) in [5.74, 6) is 0.493. The van der Waals surface area contributed by atoms with E-state index in [9.17, 15) is 23.4 Å². The largest absolute Gasteiger partial charge is 0.508 e. The summed E-state index contributed by atoms with van der Waals surface area (Å²) in [5.41, 5.74) is 2.66. The molecular formula is C30H24O7S2. The molecule has 5 aromatic rings. The molecule has 0 amide bonds. The van der Waals surface area contributed by atoms with Crippen LogP contribution in [0, 0.1) is 6.92 Å². The van der Waals surface area contributed by atoms with Crippen molar-refractivity contribution in [2.24, 2.45) is 0 Å². The molecule has 9 heteroatoms. The monoisotopic (exact) mass is 560 g/mol. The molecular weight excluding hydrogens is 536 g/mol. The van der Waals surface area contributed by atoms with E-state index in [1.165, 1.54) is 23.5 Å². The highest BCUT2D eigenvalue weighted by atomic mass is 32.2. The van der Waals surface area contributed by atoms with Gasteiger partial charge in [-0.1, -0.05) is 17.7 Å². The van der Waals surface area contributed by atoms with Gasteiger partial charge in [0.1, 0.15) is 30.5 Å². The minimum atomic E-state index is -3.88. The zero-order chi connectivity index (χ0) is 27.6. The van der Waals surface area contributed by atoms with Crippen molar-refractivity contribution in [1.29, 1.82) is 0 Å². The SMILES string of the molecule is Cc1ccc(S(=O)(=O)OCCOc2ccc(C(=O)c3c(-c4ccc(O)cc4)sc4cc(O)ccc34)cc2)cc1. The predicted octanol–water partition coefficient (Wildman–Crippen LogP) is 6.30. The lowest BCUT2D eigenvalue weighted by molar-refractivity contribution is 0.104. The third-order valence-corrected chi connectivity index (χ3v) is 8.57. The minimum Gasteiger partial charge on any atom is -0.508 e. The summed E-state index contributed by atoms with van der Waals surface area (Å²) < 4.78 is 36.1. The van der Waals surface area contributed by atoms with Crippen LogP contribution in [0.15, 0.2) is 95.9 Å². The molecule has 0 unspecified atom stereocenters. The molecule has 2 N–H and O–H groups in total. The molecule has 0 aliphatic heterocycles. The van der Waals surface area contributed by atoms with E-state index in [0.29, 0.717) is 16.9 Å². The van der Waals surface area contributed by atoms with Crippen LogP contribution in [0.25, 0.3) is 20.5 Å². The lowest BCUT2D eigenvalue weighted by Gasteiger charge is -2.09. The molecule has 0 saturated carbocycles. The summed E-state index contributed by atoms with van der Waals surface area (Å²) in [6.07, 6.45) is 0. The summed E-state index contributed by atoms with van der Waals surface area (Å²) in [5, 5.41) is 20.4. The van der Waals surface area contributed by atoms with Crippen molar-refractivity contribution in [3.63, 3.8) is 0 Å². The molecule has 0 radical (unpaired) electrons. The van der Waals surface area contributed by atoms with Crippen molar-refractivity contribution in [3.05, 3.63) is 108 Å². The molecule has 0 aliphatic rings. The number of fused-ring (bicyclic) bond motifs is 1. The number of hydrogen-bond acceptors (Lipinski definition) is 8. The molecule has 0 aliphatic carbocycles. The van der Waals surface area contributed by atoms with E-state index < -0.39 is 10.1 Å². The van der Waals surface area contributed by atoms with E-state index in [1.54, 1.807) is 78.9 Å². The van der Waals surface area contributed by atoms with Crippen LogP contribution in [0.3, 0.4) is 0 Å². The van der Waals surface area contributed by atoms with Gasteiger partial charge in [0.25, 0.3) is 10.1 Å². The van der Waals surface area contributed by atoms with Crippen molar-refractivity contribution >= 4 is 37.3 Å². The van der Waals surface area contributed by atoms with Gasteiger partial charge in [0, 0.05) is 26.1 Å². The van der Waals surface area contributed by atoms with E-state index in [-0.39, 0.29) is 35.4 Å². The quantitative estimate of drug-likeness (QED) is 0.124. The van der Waals surface area contributed by atoms with Crippen LogP contribution in [0.2, 0.25) is 0 Å². The number of hydrogen-bond donors (Lipinski definition) is 2. The standard InChI is InChI=1S/C30H24O7S2/c1-19-2-13-25(14-3-19)39(34,35)37-17-16-36-24-11-6-20(7-12-24)29(33)28-26-15-10-23(32)18-27(26)38-30(28)21-4-8-22(31)9-5-21/h2-15,18,31-32H,16-17H2,1H3. The Hall–Kier alpha value is -4.18. The number of aromatic hydroxyl groups is 2. The van der Waals surface area contributed by atoms with Gasteiger partial charge in [-0.3, -0.25) is 8.98 Å². The fourth-order valence-electron chi connectivity index (χ4n) is 4.05. The highest BCUT2D eigenvalue weighted by Crippen LogP contribution is 2.41. The second-order valence-corrected chi connectivity index (χ2v) is 11.5. The van der Waals surface area contributed by atoms with Crippen LogP contribution in [-0.4, -0.2) is 37.6 Å². The highest BCUT2D eigenvalue weighted by molar-refractivity contribution is 7.86. The topological polar surface area (TPSA) is 110 Å². The van der Waals surface area contributed by atoms with Crippen LogP contribution in [0.5, 0.6) is 17.2 Å². The zero-order valence-corrected chi connectivity index (χ0v) is 22.5. The second-order valence-electron chi connectivity index (χ2n) is 8.82. The van der Waals surface area contributed by atoms with Gasteiger partial charge in [-0.15, -0.1) is 11.3 Å². The molecule has 0 fully saturated rings. The number of thiophene rings is 1. The van der Waals surface area contributed by atoms with Crippen molar-refractivity contribution in [1.82, 2.24) is 0 Å². The van der Waals surface area contributed by atoms with Crippen molar-refractivity contribution in [2.45, 2.75) is 11.8 Å². The van der Waals surface area contributed by atoms with Crippen molar-refractivity contribution in [2.75, 3.05) is 13.2 Å². The Balaban J connectivity index is 1.31. The summed E-state index contributed by atoms with van der Waals surface area (Å²) in [6, 6.07) is 24.5. The fourth-order valence-corrected chi connectivity index (χ4v) is 6.18. The smallest absolute Gasteiger partial charge is 0.297 e. The summed E-state index contributed by atoms with van der Waals surface area (Å²) >= 11 is 1.39. The normalized spacial score (nSPS) is 11.5. The molecule has 1 aromatic heterocycles. The Labute approximate surface area is 229 Å². The van der Waals surface area contributed by atoms with Crippen LogP contribution in [0.1, 0.15) is 21.5 Å². The average Bonchev–Trinajstić information content (AvgIpc) is 3.30. The molecule has 1 heterocycles. The van der Waals surface area contributed by atoms with Crippen LogP contribution in [0.4, 0.5) is 0 Å². The Morgan fingerprint density at radius 3 is 2.18 bits per heavy atom. The number of ketones is 1. The number of phenols is 2. The molecule has 0 bridgehead atoms. The van der Waals surface area contributed by atoms with Gasteiger partial charge < -0.3 is 14.9 Å². The van der Waals surface area contributed by atoms with E-state index in [0.717, 1.165) is 26.1 Å². The summed E-state index contributed by atoms with van der Waals surface area (Å²) in [7, 11) is -3.88. The van der Waals surface area contributed by atoms with E-state index >= 15 is 0 Å². The first-order valence-electron chi connectivity index (χ1n) is 12.0. The Kier molecular flexibility index (Phi) is 7.38. The van der Waals surface area contributed by atoms with Gasteiger partial charge in [0.15, 0.2) is 5.78 Å². The zero-order valence-electron chi connectivity index (χ0n) is 20.8. The van der Waals surface area contributed by atoms with Gasteiger partial charge in [-0.2, -0.15) is 8.42 Å². The molecule has 198 valence electrons. The maximum Gasteiger partial charge on any atom is 0.297 e. The third kappa shape index (κ3) is 5.80. The first-order valence-corrected chi connectivity index (χ1v) is 14.2. The number of carbonyl (C=O) groups is 1. The maximum absolute atomic E-state index is 13.7. The molecule has 0 spiro atoms. The second kappa shape index (κ2) is 10.9. The van der Waals surface area contributed by atoms with Gasteiger partial charge in [0.05, 0.1) is 4.90 Å². The first kappa shape index (κ1) is 26.4. The molecule has 4 aromatic carbocycles. The van der Waals surface area contributed by atoms with Gasteiger partial charge >= 0.3 is 0 Å². The van der Waals surface area contributed by atoms with Gasteiger partial charge in [-0.05, 0) is 91.3 Å². The number of ether oxygens (including phenoxy) is 1.